The molecule has 90 valence electrons. The Bertz CT molecular complexity index is 444. The Morgan fingerprint density at radius 3 is 2.88 bits per heavy atom. The summed E-state index contributed by atoms with van der Waals surface area (Å²) in [6.07, 6.45) is 0.764. The molecular formula is C12H15N3OS. The van der Waals surface area contributed by atoms with Gasteiger partial charge in [-0.1, -0.05) is 30.3 Å². The van der Waals surface area contributed by atoms with E-state index in [1.54, 1.807) is 7.11 Å². The van der Waals surface area contributed by atoms with Crippen LogP contribution in [0.3, 0.4) is 0 Å². The summed E-state index contributed by atoms with van der Waals surface area (Å²) in [5.41, 5.74) is 1.24. The van der Waals surface area contributed by atoms with Crippen LogP contribution in [0.25, 0.3) is 0 Å². The summed E-state index contributed by atoms with van der Waals surface area (Å²) < 4.78 is 9.24. The number of hydrogen-bond donors (Lipinski definition) is 1. The lowest BCUT2D eigenvalue weighted by Gasteiger charge is -2.01. The largest absolute Gasteiger partial charge is 0.384 e. The zero-order valence-corrected chi connectivity index (χ0v) is 10.5. The second kappa shape index (κ2) is 6.32. The molecule has 2 rings (SSSR count). The molecule has 5 heteroatoms. The van der Waals surface area contributed by atoms with Gasteiger partial charge in [-0.25, -0.2) is 4.98 Å². The highest BCUT2D eigenvalue weighted by Gasteiger charge is 2.03. The highest BCUT2D eigenvalue weighted by atomic mass is 32.1. The second-order valence-electron chi connectivity index (χ2n) is 3.60. The minimum atomic E-state index is 0.662. The van der Waals surface area contributed by atoms with E-state index in [4.69, 9.17) is 4.74 Å². The molecule has 0 radical (unpaired) electrons. The van der Waals surface area contributed by atoms with E-state index in [1.165, 1.54) is 17.1 Å². The minimum absolute atomic E-state index is 0.662. The number of anilines is 1. The molecule has 0 saturated carbocycles. The van der Waals surface area contributed by atoms with Gasteiger partial charge in [-0.15, -0.1) is 0 Å². The molecule has 1 heterocycles. The Morgan fingerprint density at radius 2 is 2.12 bits per heavy atom. The Hall–Kier alpha value is -1.46. The van der Waals surface area contributed by atoms with Gasteiger partial charge in [-0.3, -0.25) is 0 Å². The first-order chi connectivity index (χ1) is 8.38. The zero-order chi connectivity index (χ0) is 11.9. The fourth-order valence-corrected chi connectivity index (χ4v) is 2.00. The van der Waals surface area contributed by atoms with Crippen LogP contribution in [0.4, 0.5) is 5.13 Å². The van der Waals surface area contributed by atoms with Crippen LogP contribution in [0, 0.1) is 0 Å². The molecule has 0 aliphatic carbocycles. The number of aromatic nitrogens is 2. The Labute approximate surface area is 105 Å². The normalized spacial score (nSPS) is 10.4. The molecule has 0 amide bonds. The molecule has 1 aromatic carbocycles. The van der Waals surface area contributed by atoms with E-state index in [9.17, 15) is 0 Å². The quantitative estimate of drug-likeness (QED) is 0.853. The van der Waals surface area contributed by atoms with Crippen LogP contribution in [-0.2, 0) is 17.7 Å². The van der Waals surface area contributed by atoms with Gasteiger partial charge in [0.05, 0.1) is 6.61 Å². The van der Waals surface area contributed by atoms with Crippen LogP contribution < -0.4 is 5.32 Å². The number of nitrogens with zero attached hydrogens (tertiary/aromatic N) is 2. The summed E-state index contributed by atoms with van der Waals surface area (Å²) in [6.45, 7) is 1.44. The molecule has 0 atom stereocenters. The fraction of sp³-hybridized carbons (Fsp3) is 0.333. The molecule has 4 nitrogen and oxygen atoms in total. The van der Waals surface area contributed by atoms with E-state index >= 15 is 0 Å². The van der Waals surface area contributed by atoms with Crippen molar-refractivity contribution < 1.29 is 4.74 Å². The zero-order valence-electron chi connectivity index (χ0n) is 9.72. The summed E-state index contributed by atoms with van der Waals surface area (Å²) >= 11 is 1.39. The number of nitrogens with one attached hydrogen (secondary N) is 1. The van der Waals surface area contributed by atoms with Crippen molar-refractivity contribution in [2.24, 2.45) is 0 Å². The van der Waals surface area contributed by atoms with Crippen molar-refractivity contribution in [3.05, 3.63) is 41.7 Å². The summed E-state index contributed by atoms with van der Waals surface area (Å²) in [5.74, 6) is 0.840. The summed E-state index contributed by atoms with van der Waals surface area (Å²) in [4.78, 5) is 4.38. The lowest BCUT2D eigenvalue weighted by Crippen LogP contribution is -2.00. The number of benzene rings is 1. The van der Waals surface area contributed by atoms with E-state index in [0.29, 0.717) is 6.61 Å². The van der Waals surface area contributed by atoms with E-state index in [1.807, 2.05) is 18.2 Å². The lowest BCUT2D eigenvalue weighted by atomic mass is 10.2. The van der Waals surface area contributed by atoms with Gasteiger partial charge < -0.3 is 10.1 Å². The van der Waals surface area contributed by atoms with Gasteiger partial charge in [0.25, 0.3) is 0 Å². The molecule has 1 N–H and O–H groups in total. The Morgan fingerprint density at radius 1 is 1.29 bits per heavy atom. The van der Waals surface area contributed by atoms with Crippen LogP contribution in [0.5, 0.6) is 0 Å². The van der Waals surface area contributed by atoms with E-state index in [0.717, 1.165) is 23.9 Å². The van der Waals surface area contributed by atoms with Crippen LogP contribution >= 0.6 is 11.5 Å². The Balaban J connectivity index is 1.85. The number of methoxy groups -OCH3 is 1. The predicted molar refractivity (Wildman–Crippen MR) is 69.3 cm³/mol. The first-order valence-corrected chi connectivity index (χ1v) is 6.25. The molecule has 0 bridgehead atoms. The molecule has 17 heavy (non-hydrogen) atoms. The average molecular weight is 249 g/mol. The SMILES string of the molecule is COCCc1nsc(NCc2ccccc2)n1. The second-order valence-corrected chi connectivity index (χ2v) is 4.35. The molecule has 0 aliphatic heterocycles. The minimum Gasteiger partial charge on any atom is -0.384 e. The number of hydrogen-bond acceptors (Lipinski definition) is 5. The average Bonchev–Trinajstić information content (AvgIpc) is 2.83. The van der Waals surface area contributed by atoms with Crippen molar-refractivity contribution in [2.45, 2.75) is 13.0 Å². The Kier molecular flexibility index (Phi) is 4.46. The van der Waals surface area contributed by atoms with Gasteiger partial charge in [-0.2, -0.15) is 4.37 Å². The van der Waals surface area contributed by atoms with E-state index < -0.39 is 0 Å². The maximum atomic E-state index is 4.99. The topological polar surface area (TPSA) is 47.0 Å². The van der Waals surface area contributed by atoms with E-state index in [2.05, 4.69) is 26.8 Å². The van der Waals surface area contributed by atoms with Crippen molar-refractivity contribution in [1.29, 1.82) is 0 Å². The van der Waals surface area contributed by atoms with Gasteiger partial charge >= 0.3 is 0 Å². The molecular weight excluding hydrogens is 234 g/mol. The standard InChI is InChI=1S/C12H15N3OS/c1-16-8-7-11-14-12(17-15-11)13-9-10-5-3-2-4-6-10/h2-6H,7-9H2,1H3,(H,13,14,15). The molecule has 0 fully saturated rings. The fourth-order valence-electron chi connectivity index (χ4n) is 1.39. The maximum absolute atomic E-state index is 4.99. The smallest absolute Gasteiger partial charge is 0.202 e. The number of ether oxygens (including phenoxy) is 1. The van der Waals surface area contributed by atoms with Crippen molar-refractivity contribution in [2.75, 3.05) is 19.0 Å². The first kappa shape index (κ1) is 12.0. The van der Waals surface area contributed by atoms with Crippen LogP contribution in [0.15, 0.2) is 30.3 Å². The van der Waals surface area contributed by atoms with Gasteiger partial charge in [-0.05, 0) is 5.56 Å². The first-order valence-electron chi connectivity index (χ1n) is 5.48. The summed E-state index contributed by atoms with van der Waals surface area (Å²) in [6, 6.07) is 10.2. The summed E-state index contributed by atoms with van der Waals surface area (Å²) in [7, 11) is 1.68. The van der Waals surface area contributed by atoms with Crippen LogP contribution in [0.2, 0.25) is 0 Å². The number of rotatable bonds is 6. The van der Waals surface area contributed by atoms with Gasteiger partial charge in [0.2, 0.25) is 5.13 Å². The molecule has 2 aromatic rings. The maximum Gasteiger partial charge on any atom is 0.202 e. The monoisotopic (exact) mass is 249 g/mol. The third kappa shape index (κ3) is 3.80. The highest BCUT2D eigenvalue weighted by molar-refractivity contribution is 7.09. The van der Waals surface area contributed by atoms with Crippen molar-refractivity contribution in [3.8, 4) is 0 Å². The van der Waals surface area contributed by atoms with Crippen molar-refractivity contribution in [1.82, 2.24) is 9.36 Å². The third-order valence-corrected chi connectivity index (χ3v) is 3.00. The molecule has 0 aliphatic rings. The van der Waals surface area contributed by atoms with Crippen LogP contribution in [-0.4, -0.2) is 23.1 Å². The lowest BCUT2D eigenvalue weighted by molar-refractivity contribution is 0.201. The van der Waals surface area contributed by atoms with Gasteiger partial charge in [0.15, 0.2) is 0 Å². The third-order valence-electron chi connectivity index (χ3n) is 2.28. The van der Waals surface area contributed by atoms with E-state index in [-0.39, 0.29) is 0 Å². The van der Waals surface area contributed by atoms with Gasteiger partial charge in [0, 0.05) is 31.6 Å². The molecule has 1 aromatic heterocycles. The van der Waals surface area contributed by atoms with Crippen molar-refractivity contribution in [3.63, 3.8) is 0 Å². The van der Waals surface area contributed by atoms with Crippen molar-refractivity contribution >= 4 is 16.7 Å². The van der Waals surface area contributed by atoms with Gasteiger partial charge in [0.1, 0.15) is 5.82 Å². The molecule has 0 spiro atoms. The van der Waals surface area contributed by atoms with Crippen LogP contribution in [0.1, 0.15) is 11.4 Å². The predicted octanol–water partition coefficient (Wildman–Crippen LogP) is 2.34. The molecule has 0 saturated heterocycles. The summed E-state index contributed by atoms with van der Waals surface area (Å²) in [5, 5.41) is 4.12. The molecule has 0 unspecified atom stereocenters. The highest BCUT2D eigenvalue weighted by Crippen LogP contribution is 2.12.